The van der Waals surface area contributed by atoms with Crippen molar-refractivity contribution in [3.8, 4) is 5.75 Å². The molecule has 3 nitrogen and oxygen atoms in total. The Hall–Kier alpha value is -1.85. The zero-order chi connectivity index (χ0) is 19.1. The maximum Gasteiger partial charge on any atom is 0.129 e. The molecule has 0 spiro atoms. The highest BCUT2D eigenvalue weighted by Crippen LogP contribution is 2.35. The average Bonchev–Trinajstić information content (AvgIpc) is 3.24. The van der Waals surface area contributed by atoms with Gasteiger partial charge in [0.05, 0.1) is 19.7 Å². The Bertz CT molecular complexity index is 808. The number of thiophene rings is 1. The Morgan fingerprint density at radius 2 is 1.75 bits per heavy atom. The molecule has 0 saturated heterocycles. The lowest BCUT2D eigenvalue weighted by atomic mass is 9.88. The maximum absolute atomic E-state index is 11.5. The molecule has 3 N–H and O–H groups in total. The van der Waals surface area contributed by atoms with Crippen LogP contribution < -0.4 is 22.5 Å². The van der Waals surface area contributed by atoms with Gasteiger partial charge in [-0.1, -0.05) is 48.5 Å². The summed E-state index contributed by atoms with van der Waals surface area (Å²) in [6.45, 7) is 3.09. The highest BCUT2D eigenvalue weighted by Gasteiger charge is 2.33. The number of methoxy groups -OCH3 is 1. The molecule has 3 aromatic rings. The van der Waals surface area contributed by atoms with Gasteiger partial charge in [-0.05, 0) is 41.6 Å². The Labute approximate surface area is 177 Å². The van der Waals surface area contributed by atoms with Crippen LogP contribution in [0.25, 0.3) is 0 Å². The number of quaternary nitrogens is 1. The Morgan fingerprint density at radius 1 is 1.04 bits per heavy atom. The van der Waals surface area contributed by atoms with Gasteiger partial charge in [-0.3, -0.25) is 0 Å². The van der Waals surface area contributed by atoms with E-state index in [9.17, 15) is 5.11 Å². The van der Waals surface area contributed by atoms with Crippen LogP contribution in [0.5, 0.6) is 5.75 Å². The van der Waals surface area contributed by atoms with E-state index in [0.717, 1.165) is 29.2 Å². The van der Waals surface area contributed by atoms with Crippen molar-refractivity contribution in [2.24, 2.45) is 0 Å². The minimum atomic E-state index is -0.925. The zero-order valence-corrected chi connectivity index (χ0v) is 17.9. The summed E-state index contributed by atoms with van der Waals surface area (Å²) in [6, 6.07) is 22.7. The van der Waals surface area contributed by atoms with Crippen LogP contribution >= 0.6 is 11.3 Å². The highest BCUT2D eigenvalue weighted by molar-refractivity contribution is 7.10. The van der Waals surface area contributed by atoms with Crippen molar-refractivity contribution in [1.82, 2.24) is 0 Å². The Balaban J connectivity index is 0.00000280. The molecule has 0 aliphatic rings. The third kappa shape index (κ3) is 5.58. The van der Waals surface area contributed by atoms with E-state index in [1.807, 2.05) is 60.0 Å². The molecule has 1 heterocycles. The lowest BCUT2D eigenvalue weighted by Gasteiger charge is -2.27. The van der Waals surface area contributed by atoms with Gasteiger partial charge in [0, 0.05) is 17.7 Å². The van der Waals surface area contributed by atoms with Crippen molar-refractivity contribution >= 4 is 11.3 Å². The highest BCUT2D eigenvalue weighted by atomic mass is 35.5. The molecule has 0 saturated carbocycles. The second-order valence-electron chi connectivity index (χ2n) is 7.01. The number of ether oxygens (including phenoxy) is 1. The number of nitrogens with two attached hydrogens (primary N) is 1. The Morgan fingerprint density at radius 3 is 2.36 bits per heavy atom. The average molecular weight is 418 g/mol. The van der Waals surface area contributed by atoms with Gasteiger partial charge in [0.25, 0.3) is 0 Å². The molecule has 0 aliphatic carbocycles. The van der Waals surface area contributed by atoms with Crippen LogP contribution in [0.2, 0.25) is 0 Å². The first kappa shape index (κ1) is 22.4. The number of halogens is 1. The second kappa shape index (κ2) is 10.6. The number of hydrogen-bond acceptors (Lipinski definition) is 3. The molecule has 2 atom stereocenters. The van der Waals surface area contributed by atoms with E-state index >= 15 is 0 Å². The minimum absolute atomic E-state index is 0. The molecule has 2 aromatic carbocycles. The fraction of sp³-hybridized carbons (Fsp3) is 0.304. The number of benzene rings is 2. The van der Waals surface area contributed by atoms with Gasteiger partial charge in [-0.15, -0.1) is 11.3 Å². The zero-order valence-electron chi connectivity index (χ0n) is 16.3. The monoisotopic (exact) mass is 417 g/mol. The first-order chi connectivity index (χ1) is 13.1. The predicted octanol–water partition coefficient (Wildman–Crippen LogP) is 0.581. The maximum atomic E-state index is 11.5. The first-order valence-electron chi connectivity index (χ1n) is 9.40. The molecule has 150 valence electrons. The summed E-state index contributed by atoms with van der Waals surface area (Å²) in [4.78, 5) is 1.00. The summed E-state index contributed by atoms with van der Waals surface area (Å²) in [5.41, 5.74) is 1.34. The molecule has 0 aliphatic heterocycles. The normalized spacial score (nSPS) is 14.0. The van der Waals surface area contributed by atoms with E-state index in [2.05, 4.69) is 24.4 Å². The van der Waals surface area contributed by atoms with Gasteiger partial charge in [-0.2, -0.15) is 0 Å². The van der Waals surface area contributed by atoms with Crippen LogP contribution in [0.3, 0.4) is 0 Å². The molecular formula is C23H28ClNO2S. The van der Waals surface area contributed by atoms with Gasteiger partial charge in [-0.25, -0.2) is 0 Å². The van der Waals surface area contributed by atoms with Gasteiger partial charge in [0.2, 0.25) is 0 Å². The largest absolute Gasteiger partial charge is 1.00 e. The molecular weight excluding hydrogens is 390 g/mol. The standard InChI is InChI=1S/C23H27NO2S.ClH/c1-18(17-19-10-12-21(26-2)13-11-19)24-15-14-23(25,22-9-6-16-27-22)20-7-4-3-5-8-20;/h3-13,16,18,24-25H,14-15,17H2,1-2H3;1H. The summed E-state index contributed by atoms with van der Waals surface area (Å²) in [7, 11) is 1.69. The van der Waals surface area contributed by atoms with E-state index in [4.69, 9.17) is 4.74 Å². The third-order valence-electron chi connectivity index (χ3n) is 4.97. The fourth-order valence-electron chi connectivity index (χ4n) is 3.43. The molecule has 3 rings (SSSR count). The van der Waals surface area contributed by atoms with Gasteiger partial charge >= 0.3 is 0 Å². The molecule has 0 radical (unpaired) electrons. The number of rotatable bonds is 9. The van der Waals surface area contributed by atoms with Crippen molar-refractivity contribution in [2.45, 2.75) is 31.4 Å². The molecule has 28 heavy (non-hydrogen) atoms. The number of aliphatic hydroxyl groups is 1. The van der Waals surface area contributed by atoms with Crippen molar-refractivity contribution < 1.29 is 27.6 Å². The van der Waals surface area contributed by atoms with Crippen LogP contribution in [-0.4, -0.2) is 24.8 Å². The van der Waals surface area contributed by atoms with Crippen LogP contribution in [-0.2, 0) is 12.0 Å². The minimum Gasteiger partial charge on any atom is -1.00 e. The summed E-state index contributed by atoms with van der Waals surface area (Å²) >= 11 is 1.61. The van der Waals surface area contributed by atoms with E-state index < -0.39 is 5.60 Å². The number of hydrogen-bond donors (Lipinski definition) is 2. The van der Waals surface area contributed by atoms with Gasteiger partial charge in [0.1, 0.15) is 11.4 Å². The molecule has 5 heteroatoms. The summed E-state index contributed by atoms with van der Waals surface area (Å²) in [5, 5.41) is 15.8. The van der Waals surface area contributed by atoms with Crippen molar-refractivity contribution in [2.75, 3.05) is 13.7 Å². The van der Waals surface area contributed by atoms with Crippen molar-refractivity contribution in [3.05, 3.63) is 88.1 Å². The Kier molecular flexibility index (Phi) is 8.52. The van der Waals surface area contributed by atoms with Crippen LogP contribution in [0, 0.1) is 0 Å². The van der Waals surface area contributed by atoms with E-state index in [-0.39, 0.29) is 12.4 Å². The summed E-state index contributed by atoms with van der Waals surface area (Å²) in [6.07, 6.45) is 1.68. The molecule has 0 fully saturated rings. The topological polar surface area (TPSA) is 46.1 Å². The van der Waals surface area contributed by atoms with E-state index in [1.54, 1.807) is 18.4 Å². The first-order valence-corrected chi connectivity index (χ1v) is 10.3. The smallest absolute Gasteiger partial charge is 0.129 e. The second-order valence-corrected chi connectivity index (χ2v) is 7.96. The van der Waals surface area contributed by atoms with E-state index in [0.29, 0.717) is 12.5 Å². The quantitative estimate of drug-likeness (QED) is 0.535. The van der Waals surface area contributed by atoms with Gasteiger partial charge < -0.3 is 27.6 Å². The SMILES string of the molecule is COc1ccc(CC(C)[NH2+]CCC(O)(c2ccccc2)c2cccs2)cc1.[Cl-]. The fourth-order valence-corrected chi connectivity index (χ4v) is 4.31. The van der Waals surface area contributed by atoms with Gasteiger partial charge in [0.15, 0.2) is 0 Å². The van der Waals surface area contributed by atoms with Crippen molar-refractivity contribution in [1.29, 1.82) is 0 Å². The van der Waals surface area contributed by atoms with Crippen molar-refractivity contribution in [3.63, 3.8) is 0 Å². The van der Waals surface area contributed by atoms with Crippen LogP contribution in [0.15, 0.2) is 72.1 Å². The summed E-state index contributed by atoms with van der Waals surface area (Å²) < 4.78 is 5.22. The molecule has 1 aromatic heterocycles. The lowest BCUT2D eigenvalue weighted by Crippen LogP contribution is -3.00. The molecule has 2 unspecified atom stereocenters. The predicted molar refractivity (Wildman–Crippen MR) is 111 cm³/mol. The molecule has 0 bridgehead atoms. The van der Waals surface area contributed by atoms with Crippen LogP contribution in [0.4, 0.5) is 0 Å². The summed E-state index contributed by atoms with van der Waals surface area (Å²) in [5.74, 6) is 0.888. The molecule has 0 amide bonds. The van der Waals surface area contributed by atoms with E-state index in [1.165, 1.54) is 5.56 Å². The lowest BCUT2D eigenvalue weighted by molar-refractivity contribution is -0.687. The van der Waals surface area contributed by atoms with Crippen LogP contribution in [0.1, 0.15) is 29.3 Å². The third-order valence-corrected chi connectivity index (χ3v) is 5.99.